The van der Waals surface area contributed by atoms with Crippen LogP contribution in [-0.2, 0) is 0 Å². The van der Waals surface area contributed by atoms with Crippen LogP contribution in [0.15, 0.2) is 30.3 Å². The van der Waals surface area contributed by atoms with Crippen molar-refractivity contribution in [3.8, 4) is 5.75 Å². The first-order valence-corrected chi connectivity index (χ1v) is 11.6. The van der Waals surface area contributed by atoms with Gasteiger partial charge in [-0.05, 0) is 56.9 Å². The van der Waals surface area contributed by atoms with Crippen molar-refractivity contribution in [1.29, 1.82) is 0 Å². The molecular weight excluding hydrogens is 481 g/mol. The van der Waals surface area contributed by atoms with Gasteiger partial charge in [-0.1, -0.05) is 19.1 Å². The third kappa shape index (κ3) is 4.00. The zero-order valence-corrected chi connectivity index (χ0v) is 20.0. The summed E-state index contributed by atoms with van der Waals surface area (Å²) in [5.74, 6) is 0.0740. The van der Waals surface area contributed by atoms with E-state index in [0.717, 1.165) is 23.1 Å². The van der Waals surface area contributed by atoms with Gasteiger partial charge in [0, 0.05) is 6.54 Å². The summed E-state index contributed by atoms with van der Waals surface area (Å²) in [5.41, 5.74) is 0.906. The highest BCUT2D eigenvalue weighted by Crippen LogP contribution is 2.56. The third-order valence-electron chi connectivity index (χ3n) is 6.75. The predicted molar refractivity (Wildman–Crippen MR) is 125 cm³/mol. The summed E-state index contributed by atoms with van der Waals surface area (Å²) in [5, 5.41) is 8.25. The number of fused-ring (bicyclic) bond motifs is 4. The number of aromatic nitrogens is 4. The Bertz CT molecular complexity index is 1460. The summed E-state index contributed by atoms with van der Waals surface area (Å²) in [6, 6.07) is 8.42. The number of nitrogens with zero attached hydrogens (tertiary/aromatic N) is 5. The Morgan fingerprint density at radius 1 is 1.03 bits per heavy atom. The van der Waals surface area contributed by atoms with Gasteiger partial charge >= 0.3 is 6.18 Å². The molecule has 1 aliphatic heterocycles. The minimum Gasteiger partial charge on any atom is -0.491 e. The molecule has 0 saturated heterocycles. The number of alkyl halides is 3. The molecule has 6 rings (SSSR count). The van der Waals surface area contributed by atoms with Gasteiger partial charge in [-0.15, -0.1) is 10.2 Å². The summed E-state index contributed by atoms with van der Waals surface area (Å²) in [7, 11) is 0. The van der Waals surface area contributed by atoms with E-state index >= 15 is 4.39 Å². The normalized spacial score (nSPS) is 16.7. The van der Waals surface area contributed by atoms with Gasteiger partial charge in [0.25, 0.3) is 5.78 Å². The van der Waals surface area contributed by atoms with Gasteiger partial charge < -0.3 is 9.64 Å². The quantitative estimate of drug-likeness (QED) is 0.279. The summed E-state index contributed by atoms with van der Waals surface area (Å²) in [4.78, 5) is 6.45. The van der Waals surface area contributed by atoms with E-state index in [2.05, 4.69) is 15.2 Å². The summed E-state index contributed by atoms with van der Waals surface area (Å²) in [6.45, 7) is 6.06. The van der Waals surface area contributed by atoms with Crippen LogP contribution in [0.25, 0.3) is 16.7 Å². The standard InChI is InChI=1S/C20H17F2N5O.C5H7F3/c1-11-5-3-6-15-18(11)28-10-4-9-26(15)19-16-14(8-7-13(21)17(16)22)27-12(2)24-25-20(27)23-19;1-4(2-3-4)5(6,7)8/h3,5-8H,4,9-10H2,1-2H3;2-3H2,1H3. The largest absolute Gasteiger partial charge is 0.491 e. The number of hydrogen-bond acceptors (Lipinski definition) is 5. The van der Waals surface area contributed by atoms with Gasteiger partial charge in [0.15, 0.2) is 11.6 Å². The predicted octanol–water partition coefficient (Wildman–Crippen LogP) is 6.44. The van der Waals surface area contributed by atoms with E-state index in [0.29, 0.717) is 55.4 Å². The number of anilines is 2. The van der Waals surface area contributed by atoms with Crippen LogP contribution in [0.2, 0.25) is 0 Å². The van der Waals surface area contributed by atoms with Gasteiger partial charge in [0.2, 0.25) is 0 Å². The first kappa shape index (κ1) is 24.2. The van der Waals surface area contributed by atoms with Crippen LogP contribution in [-0.4, -0.2) is 38.9 Å². The molecule has 4 aromatic rings. The summed E-state index contributed by atoms with van der Waals surface area (Å²) >= 11 is 0. The Kier molecular flexibility index (Phi) is 5.76. The van der Waals surface area contributed by atoms with Gasteiger partial charge in [0.1, 0.15) is 17.4 Å². The van der Waals surface area contributed by atoms with Crippen LogP contribution < -0.4 is 9.64 Å². The number of halogens is 5. The SMILES string of the molecule is CC1(C(F)(F)F)CC1.Cc1cccc2c1OCCCN2c1nc2nnc(C)n2c2ccc(F)c(F)c12. The lowest BCUT2D eigenvalue weighted by Crippen LogP contribution is -2.20. The van der Waals surface area contributed by atoms with Crippen molar-refractivity contribution in [1.82, 2.24) is 19.6 Å². The van der Waals surface area contributed by atoms with E-state index in [4.69, 9.17) is 4.74 Å². The smallest absolute Gasteiger partial charge is 0.394 e. The molecule has 0 amide bonds. The number of rotatable bonds is 1. The van der Waals surface area contributed by atoms with Crippen molar-refractivity contribution >= 4 is 28.2 Å². The second-order valence-electron chi connectivity index (χ2n) is 9.41. The van der Waals surface area contributed by atoms with Crippen molar-refractivity contribution in [2.24, 2.45) is 5.41 Å². The molecule has 0 bridgehead atoms. The van der Waals surface area contributed by atoms with Crippen LogP contribution >= 0.6 is 0 Å². The van der Waals surface area contributed by atoms with E-state index in [1.807, 2.05) is 30.0 Å². The Morgan fingerprint density at radius 2 is 1.78 bits per heavy atom. The van der Waals surface area contributed by atoms with Gasteiger partial charge in [-0.25, -0.2) is 8.78 Å². The van der Waals surface area contributed by atoms with Crippen molar-refractivity contribution in [3.63, 3.8) is 0 Å². The van der Waals surface area contributed by atoms with Gasteiger partial charge in [-0.3, -0.25) is 4.40 Å². The highest BCUT2D eigenvalue weighted by molar-refractivity contribution is 5.95. The van der Waals surface area contributed by atoms with E-state index in [1.54, 1.807) is 11.3 Å². The maximum Gasteiger partial charge on any atom is 0.394 e. The molecule has 1 fully saturated rings. The molecule has 3 heterocycles. The molecule has 1 aliphatic carbocycles. The number of ether oxygens (including phenoxy) is 1. The van der Waals surface area contributed by atoms with Crippen LogP contribution in [0.4, 0.5) is 33.5 Å². The number of hydrogen-bond donors (Lipinski definition) is 0. The van der Waals surface area contributed by atoms with Crippen LogP contribution in [0.3, 0.4) is 0 Å². The fourth-order valence-corrected chi connectivity index (χ4v) is 4.24. The molecule has 36 heavy (non-hydrogen) atoms. The summed E-state index contributed by atoms with van der Waals surface area (Å²) < 4.78 is 71.6. The van der Waals surface area contributed by atoms with Crippen LogP contribution in [0, 0.1) is 30.9 Å². The highest BCUT2D eigenvalue weighted by atomic mass is 19.4. The monoisotopic (exact) mass is 505 g/mol. The molecule has 0 unspecified atom stereocenters. The molecule has 2 aromatic heterocycles. The Hall–Kier alpha value is -3.50. The molecular formula is C25H24F5N5O. The maximum atomic E-state index is 15.0. The molecule has 11 heteroatoms. The van der Waals surface area contributed by atoms with Crippen molar-refractivity contribution in [2.75, 3.05) is 18.1 Å². The third-order valence-corrected chi connectivity index (χ3v) is 6.75. The Labute approximate surface area is 203 Å². The lowest BCUT2D eigenvalue weighted by atomic mass is 10.1. The molecule has 0 atom stereocenters. The number of para-hydroxylation sites is 1. The minimum absolute atomic E-state index is 0.102. The molecule has 2 aromatic carbocycles. The van der Waals surface area contributed by atoms with E-state index in [9.17, 15) is 17.6 Å². The molecule has 1 saturated carbocycles. The summed E-state index contributed by atoms with van der Waals surface area (Å²) in [6.07, 6.45) is -2.61. The molecule has 2 aliphatic rings. The topological polar surface area (TPSA) is 55.5 Å². The van der Waals surface area contributed by atoms with Gasteiger partial charge in [-0.2, -0.15) is 18.2 Å². The fourth-order valence-electron chi connectivity index (χ4n) is 4.24. The Balaban J connectivity index is 0.000000286. The molecule has 6 nitrogen and oxygen atoms in total. The first-order chi connectivity index (χ1) is 17.0. The first-order valence-electron chi connectivity index (χ1n) is 11.6. The lowest BCUT2D eigenvalue weighted by Gasteiger charge is -2.25. The second-order valence-corrected chi connectivity index (χ2v) is 9.41. The van der Waals surface area contributed by atoms with Crippen molar-refractivity contribution in [3.05, 3.63) is 53.4 Å². The van der Waals surface area contributed by atoms with Crippen molar-refractivity contribution < 1.29 is 26.7 Å². The maximum absolute atomic E-state index is 15.0. The van der Waals surface area contributed by atoms with Gasteiger partial charge in [0.05, 0.1) is 28.6 Å². The number of aryl methyl sites for hydroxylation is 2. The molecule has 0 N–H and O–H groups in total. The molecule has 0 spiro atoms. The average molecular weight is 505 g/mol. The average Bonchev–Trinajstić information content (AvgIpc) is 3.54. The van der Waals surface area contributed by atoms with E-state index in [1.165, 1.54) is 13.0 Å². The zero-order chi connectivity index (χ0) is 25.8. The fraction of sp³-hybridized carbons (Fsp3) is 0.400. The molecule has 0 radical (unpaired) electrons. The minimum atomic E-state index is -3.95. The number of benzene rings is 2. The lowest BCUT2D eigenvalue weighted by molar-refractivity contribution is -0.181. The zero-order valence-electron chi connectivity index (χ0n) is 20.0. The van der Waals surface area contributed by atoms with Crippen LogP contribution in [0.5, 0.6) is 5.75 Å². The Morgan fingerprint density at radius 3 is 2.44 bits per heavy atom. The highest BCUT2D eigenvalue weighted by Gasteiger charge is 2.59. The molecule has 190 valence electrons. The van der Waals surface area contributed by atoms with E-state index in [-0.39, 0.29) is 5.39 Å². The second kappa shape index (κ2) is 8.56. The van der Waals surface area contributed by atoms with Crippen molar-refractivity contribution in [2.45, 2.75) is 46.2 Å². The van der Waals surface area contributed by atoms with E-state index < -0.39 is 23.2 Å². The van der Waals surface area contributed by atoms with Crippen LogP contribution in [0.1, 0.15) is 37.6 Å².